The van der Waals surface area contributed by atoms with Crippen LogP contribution in [0.1, 0.15) is 22.5 Å². The highest BCUT2D eigenvalue weighted by Gasteiger charge is 2.40. The number of furan rings is 1. The topological polar surface area (TPSA) is 50.5 Å². The van der Waals surface area contributed by atoms with E-state index in [4.69, 9.17) is 4.42 Å². The monoisotopic (exact) mass is 389 g/mol. The average Bonchev–Trinajstić information content (AvgIpc) is 3.27. The maximum absolute atomic E-state index is 13.3. The molecule has 2 amide bonds. The van der Waals surface area contributed by atoms with Gasteiger partial charge in [-0.15, -0.1) is 0 Å². The molecule has 0 atom stereocenters. The molecule has 4 rings (SSSR count). The first-order valence-corrected chi connectivity index (χ1v) is 9.79. The Morgan fingerprint density at radius 3 is 2.39 bits per heavy atom. The number of benzene rings is 2. The molecule has 28 heavy (non-hydrogen) atoms. The molecule has 5 heteroatoms. The van der Waals surface area contributed by atoms with Gasteiger partial charge in [-0.1, -0.05) is 53.7 Å². The van der Waals surface area contributed by atoms with Crippen molar-refractivity contribution >= 4 is 29.1 Å². The lowest BCUT2D eigenvalue weighted by molar-refractivity contribution is -0.137. The van der Waals surface area contributed by atoms with Gasteiger partial charge in [-0.3, -0.25) is 14.5 Å². The molecule has 1 aliphatic heterocycles. The van der Waals surface area contributed by atoms with Gasteiger partial charge >= 0.3 is 0 Å². The van der Waals surface area contributed by atoms with Crippen molar-refractivity contribution in [3.63, 3.8) is 0 Å². The van der Waals surface area contributed by atoms with Gasteiger partial charge in [-0.25, -0.2) is 0 Å². The van der Waals surface area contributed by atoms with Gasteiger partial charge in [-0.05, 0) is 49.2 Å². The van der Waals surface area contributed by atoms with E-state index in [0.717, 1.165) is 21.6 Å². The second-order valence-electron chi connectivity index (χ2n) is 6.71. The van der Waals surface area contributed by atoms with Gasteiger partial charge in [-0.2, -0.15) is 0 Å². The predicted octanol–water partition coefficient (Wildman–Crippen LogP) is 4.97. The molecule has 0 unspecified atom stereocenters. The van der Waals surface area contributed by atoms with Crippen LogP contribution >= 0.6 is 11.8 Å². The van der Waals surface area contributed by atoms with Gasteiger partial charge in [0.05, 0.1) is 23.3 Å². The normalized spacial score (nSPS) is 14.3. The molecular weight excluding hydrogens is 370 g/mol. The Kier molecular flexibility index (Phi) is 4.92. The SMILES string of the molecule is Cc1ccc(C2=C(Sc3ccccc3)C(=O)N(Cc3ccco3)C2=O)c(C)c1. The molecule has 0 N–H and O–H groups in total. The molecule has 0 bridgehead atoms. The molecule has 2 heterocycles. The van der Waals surface area contributed by atoms with Crippen LogP contribution in [0, 0.1) is 13.8 Å². The van der Waals surface area contributed by atoms with E-state index in [1.807, 2.05) is 62.4 Å². The first-order valence-electron chi connectivity index (χ1n) is 8.98. The van der Waals surface area contributed by atoms with Crippen LogP contribution in [0.3, 0.4) is 0 Å². The summed E-state index contributed by atoms with van der Waals surface area (Å²) in [7, 11) is 0. The molecule has 2 aromatic carbocycles. The highest BCUT2D eigenvalue weighted by atomic mass is 32.2. The molecular formula is C23H19NO3S. The van der Waals surface area contributed by atoms with Gasteiger partial charge in [0.2, 0.25) is 0 Å². The van der Waals surface area contributed by atoms with Crippen LogP contribution in [0.25, 0.3) is 5.57 Å². The largest absolute Gasteiger partial charge is 0.467 e. The summed E-state index contributed by atoms with van der Waals surface area (Å²) >= 11 is 1.33. The third-order valence-corrected chi connectivity index (χ3v) is 5.72. The number of amides is 2. The molecule has 0 saturated carbocycles. The van der Waals surface area contributed by atoms with Crippen molar-refractivity contribution in [2.75, 3.05) is 0 Å². The van der Waals surface area contributed by atoms with Crippen LogP contribution in [-0.4, -0.2) is 16.7 Å². The number of hydrogen-bond donors (Lipinski definition) is 0. The summed E-state index contributed by atoms with van der Waals surface area (Å²) in [4.78, 5) is 29.1. The van der Waals surface area contributed by atoms with E-state index in [2.05, 4.69) is 0 Å². The lowest BCUT2D eigenvalue weighted by atomic mass is 9.99. The van der Waals surface area contributed by atoms with Crippen molar-refractivity contribution in [3.05, 3.63) is 94.3 Å². The average molecular weight is 389 g/mol. The van der Waals surface area contributed by atoms with Crippen molar-refractivity contribution in [2.24, 2.45) is 0 Å². The fraction of sp³-hybridized carbons (Fsp3) is 0.130. The molecule has 1 aliphatic rings. The molecule has 0 radical (unpaired) electrons. The van der Waals surface area contributed by atoms with Gasteiger partial charge in [0.15, 0.2) is 0 Å². The Morgan fingerprint density at radius 2 is 1.71 bits per heavy atom. The molecule has 1 aromatic heterocycles. The number of nitrogens with zero attached hydrogens (tertiary/aromatic N) is 1. The zero-order chi connectivity index (χ0) is 19.7. The zero-order valence-corrected chi connectivity index (χ0v) is 16.5. The van der Waals surface area contributed by atoms with Crippen molar-refractivity contribution in [3.8, 4) is 0 Å². The molecule has 3 aromatic rings. The standard InChI is InChI=1S/C23H19NO3S/c1-15-10-11-19(16(2)13-15)20-21(28-18-8-4-3-5-9-18)23(26)24(22(20)25)14-17-7-6-12-27-17/h3-13H,14H2,1-2H3. The second-order valence-corrected chi connectivity index (χ2v) is 7.80. The minimum Gasteiger partial charge on any atom is -0.467 e. The highest BCUT2D eigenvalue weighted by molar-refractivity contribution is 8.04. The number of rotatable bonds is 5. The molecule has 0 saturated heterocycles. The Bertz CT molecular complexity index is 1070. The van der Waals surface area contributed by atoms with Crippen LogP contribution in [0.4, 0.5) is 0 Å². The smallest absolute Gasteiger partial charge is 0.268 e. The summed E-state index contributed by atoms with van der Waals surface area (Å²) < 4.78 is 5.35. The van der Waals surface area contributed by atoms with Crippen LogP contribution in [0.15, 0.2) is 81.1 Å². The third kappa shape index (κ3) is 3.41. The fourth-order valence-electron chi connectivity index (χ4n) is 3.29. The zero-order valence-electron chi connectivity index (χ0n) is 15.6. The van der Waals surface area contributed by atoms with Gasteiger partial charge < -0.3 is 4.42 Å². The van der Waals surface area contributed by atoms with Crippen molar-refractivity contribution in [1.82, 2.24) is 4.90 Å². The first kappa shape index (κ1) is 18.3. The van der Waals surface area contributed by atoms with Crippen LogP contribution in [0.5, 0.6) is 0 Å². The van der Waals surface area contributed by atoms with E-state index in [-0.39, 0.29) is 18.4 Å². The quantitative estimate of drug-likeness (QED) is 0.578. The Balaban J connectivity index is 1.79. The van der Waals surface area contributed by atoms with Gasteiger partial charge in [0.25, 0.3) is 11.8 Å². The van der Waals surface area contributed by atoms with Crippen LogP contribution < -0.4 is 0 Å². The van der Waals surface area contributed by atoms with Crippen molar-refractivity contribution in [1.29, 1.82) is 0 Å². The number of thioether (sulfide) groups is 1. The van der Waals surface area contributed by atoms with E-state index in [1.165, 1.54) is 16.7 Å². The molecule has 0 aliphatic carbocycles. The summed E-state index contributed by atoms with van der Waals surface area (Å²) in [6, 6.07) is 19.1. The summed E-state index contributed by atoms with van der Waals surface area (Å²) in [5.41, 5.74) is 3.35. The fourth-order valence-corrected chi connectivity index (χ4v) is 4.31. The van der Waals surface area contributed by atoms with E-state index in [1.54, 1.807) is 18.4 Å². The number of aryl methyl sites for hydroxylation is 2. The summed E-state index contributed by atoms with van der Waals surface area (Å²) in [6.07, 6.45) is 1.54. The third-order valence-electron chi connectivity index (χ3n) is 4.63. The van der Waals surface area contributed by atoms with E-state index in [9.17, 15) is 9.59 Å². The number of imide groups is 1. The Hall–Kier alpha value is -3.05. The highest BCUT2D eigenvalue weighted by Crippen LogP contribution is 2.41. The van der Waals surface area contributed by atoms with E-state index < -0.39 is 0 Å². The molecule has 0 spiro atoms. The number of carbonyl (C=O) groups is 2. The van der Waals surface area contributed by atoms with E-state index >= 15 is 0 Å². The molecule has 0 fully saturated rings. The summed E-state index contributed by atoms with van der Waals surface area (Å²) in [5.74, 6) is 0.00431. The lowest BCUT2D eigenvalue weighted by Gasteiger charge is -2.14. The summed E-state index contributed by atoms with van der Waals surface area (Å²) in [5, 5.41) is 0. The van der Waals surface area contributed by atoms with Crippen molar-refractivity contribution in [2.45, 2.75) is 25.3 Å². The van der Waals surface area contributed by atoms with Gasteiger partial charge in [0.1, 0.15) is 5.76 Å². The Labute approximate surface area is 167 Å². The van der Waals surface area contributed by atoms with Gasteiger partial charge in [0, 0.05) is 4.90 Å². The molecule has 4 nitrogen and oxygen atoms in total. The minimum absolute atomic E-state index is 0.123. The van der Waals surface area contributed by atoms with Crippen LogP contribution in [-0.2, 0) is 16.1 Å². The Morgan fingerprint density at radius 1 is 0.929 bits per heavy atom. The van der Waals surface area contributed by atoms with Crippen molar-refractivity contribution < 1.29 is 14.0 Å². The lowest BCUT2D eigenvalue weighted by Crippen LogP contribution is -2.30. The first-order chi connectivity index (χ1) is 13.5. The minimum atomic E-state index is -0.287. The maximum Gasteiger partial charge on any atom is 0.268 e. The molecule has 140 valence electrons. The predicted molar refractivity (Wildman–Crippen MR) is 109 cm³/mol. The summed E-state index contributed by atoms with van der Waals surface area (Å²) in [6.45, 7) is 4.10. The number of hydrogen-bond acceptors (Lipinski definition) is 4. The van der Waals surface area contributed by atoms with E-state index in [0.29, 0.717) is 16.2 Å². The maximum atomic E-state index is 13.3. The van der Waals surface area contributed by atoms with Crippen LogP contribution in [0.2, 0.25) is 0 Å². The second kappa shape index (κ2) is 7.52. The number of carbonyl (C=O) groups excluding carboxylic acids is 2.